The molecule has 0 heterocycles. The molecule has 0 aromatic heterocycles. The van der Waals surface area contributed by atoms with Crippen LogP contribution in [0.1, 0.15) is 31.8 Å². The first kappa shape index (κ1) is 21.7. The van der Waals surface area contributed by atoms with E-state index in [-0.39, 0.29) is 22.6 Å². The van der Waals surface area contributed by atoms with Crippen molar-refractivity contribution in [3.63, 3.8) is 0 Å². The third-order valence-corrected chi connectivity index (χ3v) is 5.25. The number of carboxylic acids is 1. The Balaban J connectivity index is 1.74. The van der Waals surface area contributed by atoms with Gasteiger partial charge in [-0.2, -0.15) is 5.11 Å². The zero-order chi connectivity index (χ0) is 23.5. The Hall–Kier alpha value is -4.52. The molecule has 7 nitrogen and oxygen atoms in total. The van der Waals surface area contributed by atoms with E-state index in [2.05, 4.69) is 15.5 Å². The number of aromatic carboxylic acids is 1. The molecular weight excluding hydrogens is 418 g/mol. The first-order valence-corrected chi connectivity index (χ1v) is 10.2. The number of aromatic hydroxyl groups is 1. The quantitative estimate of drug-likeness (QED) is 0.307. The summed E-state index contributed by atoms with van der Waals surface area (Å²) >= 11 is 0. The van der Waals surface area contributed by atoms with E-state index in [4.69, 9.17) is 5.11 Å². The van der Waals surface area contributed by atoms with E-state index in [0.29, 0.717) is 16.8 Å². The van der Waals surface area contributed by atoms with Crippen LogP contribution >= 0.6 is 0 Å². The van der Waals surface area contributed by atoms with E-state index in [0.717, 1.165) is 16.5 Å². The number of phenols is 1. The normalized spacial score (nSPS) is 11.1. The number of nitrogens with zero attached hydrogens (tertiary/aromatic N) is 2. The smallest absolute Gasteiger partial charge is 0.335 e. The Kier molecular flexibility index (Phi) is 5.87. The van der Waals surface area contributed by atoms with Crippen molar-refractivity contribution in [1.29, 1.82) is 0 Å². The highest BCUT2D eigenvalue weighted by Gasteiger charge is 2.19. The number of azo groups is 1. The van der Waals surface area contributed by atoms with Gasteiger partial charge < -0.3 is 15.5 Å². The van der Waals surface area contributed by atoms with Crippen LogP contribution in [0.4, 0.5) is 17.1 Å². The summed E-state index contributed by atoms with van der Waals surface area (Å²) in [7, 11) is 0. The molecule has 0 fully saturated rings. The highest BCUT2D eigenvalue weighted by molar-refractivity contribution is 6.12. The van der Waals surface area contributed by atoms with Gasteiger partial charge in [0.05, 0.1) is 16.8 Å². The van der Waals surface area contributed by atoms with E-state index >= 15 is 0 Å². The van der Waals surface area contributed by atoms with E-state index in [1.807, 2.05) is 44.2 Å². The minimum absolute atomic E-state index is 0.0730. The monoisotopic (exact) mass is 439 g/mol. The van der Waals surface area contributed by atoms with E-state index in [1.165, 1.54) is 24.3 Å². The minimum atomic E-state index is -1.04. The Bertz CT molecular complexity index is 1410. The number of phenolic OH excluding ortho intramolecular Hbond substituents is 1. The molecule has 0 atom stereocenters. The van der Waals surface area contributed by atoms with Gasteiger partial charge in [-0.15, -0.1) is 5.11 Å². The molecule has 0 spiro atoms. The summed E-state index contributed by atoms with van der Waals surface area (Å²) in [5, 5.41) is 32.5. The van der Waals surface area contributed by atoms with Crippen LogP contribution in [0.5, 0.6) is 5.75 Å². The minimum Gasteiger partial charge on any atom is -0.505 e. The van der Waals surface area contributed by atoms with E-state index < -0.39 is 11.9 Å². The lowest BCUT2D eigenvalue weighted by molar-refractivity contribution is 0.0696. The maximum absolute atomic E-state index is 13.0. The number of hydrogen-bond acceptors (Lipinski definition) is 5. The van der Waals surface area contributed by atoms with Crippen LogP contribution < -0.4 is 5.32 Å². The molecule has 3 N–H and O–H groups in total. The maximum Gasteiger partial charge on any atom is 0.335 e. The average Bonchev–Trinajstić information content (AvgIpc) is 2.80. The van der Waals surface area contributed by atoms with Gasteiger partial charge in [0.1, 0.15) is 5.69 Å². The molecule has 164 valence electrons. The van der Waals surface area contributed by atoms with Gasteiger partial charge in [0.25, 0.3) is 5.91 Å². The van der Waals surface area contributed by atoms with Crippen molar-refractivity contribution in [3.8, 4) is 5.75 Å². The molecule has 7 heteroatoms. The van der Waals surface area contributed by atoms with Crippen molar-refractivity contribution < 1.29 is 19.8 Å². The lowest BCUT2D eigenvalue weighted by Gasteiger charge is -2.12. The van der Waals surface area contributed by atoms with Gasteiger partial charge in [0.15, 0.2) is 5.75 Å². The number of hydrogen-bond donors (Lipinski definition) is 3. The fourth-order valence-corrected chi connectivity index (χ4v) is 3.51. The number of carbonyl (C=O) groups excluding carboxylic acids is 1. The molecule has 4 aromatic rings. The standard InChI is InChI=1S/C26H21N3O4/c1-15-7-12-22(16(2)13-15)27-25(31)21-14-18-5-3-4-6-20(18)23(24(21)30)29-28-19-10-8-17(9-11-19)26(32)33/h3-14,30H,1-2H3,(H,27,31)(H,32,33). The van der Waals surface area contributed by atoms with Crippen LogP contribution in [-0.4, -0.2) is 22.1 Å². The number of amides is 1. The van der Waals surface area contributed by atoms with Crippen molar-refractivity contribution in [3.05, 3.63) is 95.1 Å². The highest BCUT2D eigenvalue weighted by Crippen LogP contribution is 2.39. The van der Waals surface area contributed by atoms with Gasteiger partial charge in [-0.05, 0) is 61.2 Å². The average molecular weight is 439 g/mol. The molecule has 0 unspecified atom stereocenters. The summed E-state index contributed by atoms with van der Waals surface area (Å²) < 4.78 is 0. The molecule has 4 aromatic carbocycles. The summed E-state index contributed by atoms with van der Waals surface area (Å²) in [5.74, 6) is -1.79. The molecule has 33 heavy (non-hydrogen) atoms. The molecule has 0 aliphatic rings. The molecule has 1 amide bonds. The molecule has 0 saturated carbocycles. The third kappa shape index (κ3) is 4.57. The summed E-state index contributed by atoms with van der Waals surface area (Å²) in [6, 6.07) is 20.4. The first-order valence-electron chi connectivity index (χ1n) is 10.2. The Morgan fingerprint density at radius 1 is 0.879 bits per heavy atom. The summed E-state index contributed by atoms with van der Waals surface area (Å²) in [4.78, 5) is 24.1. The Morgan fingerprint density at radius 3 is 2.30 bits per heavy atom. The largest absolute Gasteiger partial charge is 0.505 e. The lowest BCUT2D eigenvalue weighted by Crippen LogP contribution is -2.13. The SMILES string of the molecule is Cc1ccc(NC(=O)c2cc3ccccc3c(N=Nc3ccc(C(=O)O)cc3)c2O)c(C)c1. The maximum atomic E-state index is 13.0. The van der Waals surface area contributed by atoms with Crippen LogP contribution in [0.25, 0.3) is 10.8 Å². The van der Waals surface area contributed by atoms with Crippen LogP contribution in [0.2, 0.25) is 0 Å². The summed E-state index contributed by atoms with van der Waals surface area (Å²) in [6.07, 6.45) is 0. The predicted octanol–water partition coefficient (Wildman–Crippen LogP) is 6.53. The molecule has 0 aliphatic heterocycles. The number of carboxylic acid groups (broad SMARTS) is 1. The van der Waals surface area contributed by atoms with E-state index in [9.17, 15) is 14.7 Å². The van der Waals surface area contributed by atoms with Crippen LogP contribution in [-0.2, 0) is 0 Å². The number of nitrogens with one attached hydrogen (secondary N) is 1. The molecule has 0 aliphatic carbocycles. The Morgan fingerprint density at radius 2 is 1.61 bits per heavy atom. The molecular formula is C26H21N3O4. The second-order valence-electron chi connectivity index (χ2n) is 7.67. The van der Waals surface area contributed by atoms with Crippen molar-refractivity contribution in [2.45, 2.75) is 13.8 Å². The predicted molar refractivity (Wildman–Crippen MR) is 127 cm³/mol. The van der Waals surface area contributed by atoms with Gasteiger partial charge in [0.2, 0.25) is 0 Å². The second-order valence-corrected chi connectivity index (χ2v) is 7.67. The first-order chi connectivity index (χ1) is 15.8. The zero-order valence-corrected chi connectivity index (χ0v) is 18.0. The fourth-order valence-electron chi connectivity index (χ4n) is 3.51. The highest BCUT2D eigenvalue weighted by atomic mass is 16.4. The molecule has 4 rings (SSSR count). The van der Waals surface area contributed by atoms with Crippen molar-refractivity contribution in [2.75, 3.05) is 5.32 Å². The van der Waals surface area contributed by atoms with Gasteiger partial charge in [-0.3, -0.25) is 4.79 Å². The van der Waals surface area contributed by atoms with Crippen molar-refractivity contribution in [2.24, 2.45) is 10.2 Å². The molecule has 0 bridgehead atoms. The summed E-state index contributed by atoms with van der Waals surface area (Å²) in [5.41, 5.74) is 3.41. The summed E-state index contributed by atoms with van der Waals surface area (Å²) in [6.45, 7) is 3.87. The number of carbonyl (C=O) groups is 2. The Labute approximate surface area is 190 Å². The van der Waals surface area contributed by atoms with Crippen LogP contribution in [0, 0.1) is 13.8 Å². The number of anilines is 1. The van der Waals surface area contributed by atoms with Crippen molar-refractivity contribution >= 4 is 39.7 Å². The van der Waals surface area contributed by atoms with Gasteiger partial charge in [-0.1, -0.05) is 42.0 Å². The molecule has 0 radical (unpaired) electrons. The second kappa shape index (κ2) is 8.92. The number of rotatable bonds is 5. The fraction of sp³-hybridized carbons (Fsp3) is 0.0769. The van der Waals surface area contributed by atoms with Gasteiger partial charge in [-0.25, -0.2) is 4.79 Å². The number of fused-ring (bicyclic) bond motifs is 1. The number of aryl methyl sites for hydroxylation is 2. The third-order valence-electron chi connectivity index (χ3n) is 5.25. The van der Waals surface area contributed by atoms with Crippen LogP contribution in [0.3, 0.4) is 0 Å². The van der Waals surface area contributed by atoms with Gasteiger partial charge >= 0.3 is 5.97 Å². The number of benzene rings is 4. The zero-order valence-electron chi connectivity index (χ0n) is 18.0. The van der Waals surface area contributed by atoms with Crippen molar-refractivity contribution in [1.82, 2.24) is 0 Å². The lowest BCUT2D eigenvalue weighted by atomic mass is 10.0. The molecule has 0 saturated heterocycles. The van der Waals surface area contributed by atoms with Gasteiger partial charge in [0, 0.05) is 11.1 Å². The van der Waals surface area contributed by atoms with E-state index in [1.54, 1.807) is 18.2 Å². The topological polar surface area (TPSA) is 111 Å². The van der Waals surface area contributed by atoms with Crippen LogP contribution in [0.15, 0.2) is 83.0 Å².